The number of fused-ring (bicyclic) bond motifs is 1. The number of nitrogens with one attached hydrogen (secondary N) is 3. The fourth-order valence-electron chi connectivity index (χ4n) is 3.51. The van der Waals surface area contributed by atoms with Crippen LogP contribution in [0.1, 0.15) is 60.5 Å². The first-order chi connectivity index (χ1) is 13.8. The lowest BCUT2D eigenvalue weighted by molar-refractivity contribution is 0.0930. The first-order valence-corrected chi connectivity index (χ1v) is 10.2. The number of carbonyl (C=O) groups is 2. The van der Waals surface area contributed by atoms with Gasteiger partial charge in [-0.25, -0.2) is 4.98 Å². The molecule has 3 N–H and O–H groups in total. The molecule has 3 rings (SSSR count). The van der Waals surface area contributed by atoms with Gasteiger partial charge in [0.25, 0.3) is 11.8 Å². The lowest BCUT2D eigenvalue weighted by atomic mass is 9.94. The topological polar surface area (TPSA) is 101 Å². The van der Waals surface area contributed by atoms with Gasteiger partial charge in [0, 0.05) is 31.4 Å². The molecule has 8 nitrogen and oxygen atoms in total. The minimum atomic E-state index is -0.141. The van der Waals surface area contributed by atoms with E-state index in [1.54, 1.807) is 24.5 Å². The van der Waals surface area contributed by atoms with Crippen molar-refractivity contribution in [1.29, 1.82) is 0 Å². The summed E-state index contributed by atoms with van der Waals surface area (Å²) >= 11 is 0. The maximum Gasteiger partial charge on any atom is 0.255 e. The van der Waals surface area contributed by atoms with Crippen LogP contribution < -0.4 is 16.0 Å². The van der Waals surface area contributed by atoms with Gasteiger partial charge in [-0.15, -0.1) is 0 Å². The quantitative estimate of drug-likeness (QED) is 0.664. The number of hydrogen-bond acceptors (Lipinski definition) is 5. The van der Waals surface area contributed by atoms with Gasteiger partial charge in [0.15, 0.2) is 0 Å². The molecule has 0 aromatic carbocycles. The molecule has 3 heterocycles. The molecule has 1 aliphatic rings. The molecule has 1 unspecified atom stereocenters. The van der Waals surface area contributed by atoms with Gasteiger partial charge in [-0.05, 0) is 58.6 Å². The first-order valence-electron chi connectivity index (χ1n) is 10.2. The summed E-state index contributed by atoms with van der Waals surface area (Å²) < 4.78 is 1.90. The van der Waals surface area contributed by atoms with E-state index in [0.29, 0.717) is 29.9 Å². The van der Waals surface area contributed by atoms with Crippen LogP contribution in [0, 0.1) is 5.92 Å². The summed E-state index contributed by atoms with van der Waals surface area (Å²) in [5, 5.41) is 13.5. The fraction of sp³-hybridized carbons (Fsp3) is 0.524. The van der Waals surface area contributed by atoms with Crippen molar-refractivity contribution >= 4 is 17.6 Å². The van der Waals surface area contributed by atoms with E-state index in [4.69, 9.17) is 0 Å². The number of carbonyl (C=O) groups excluding carboxylic acids is 2. The highest BCUT2D eigenvalue weighted by atomic mass is 16.2. The molecule has 29 heavy (non-hydrogen) atoms. The highest BCUT2D eigenvalue weighted by Crippen LogP contribution is 2.23. The van der Waals surface area contributed by atoms with Crippen LogP contribution in [0.15, 0.2) is 24.5 Å². The zero-order valence-electron chi connectivity index (χ0n) is 17.5. The van der Waals surface area contributed by atoms with Crippen LogP contribution in [0.5, 0.6) is 0 Å². The molecular weight excluding hydrogens is 368 g/mol. The maximum absolute atomic E-state index is 12.7. The Morgan fingerprint density at radius 1 is 1.17 bits per heavy atom. The van der Waals surface area contributed by atoms with Gasteiger partial charge in [-0.1, -0.05) is 0 Å². The zero-order chi connectivity index (χ0) is 21.0. The number of hydrogen-bond donors (Lipinski definition) is 3. The third kappa shape index (κ3) is 5.13. The average molecular weight is 399 g/mol. The van der Waals surface area contributed by atoms with E-state index in [1.807, 2.05) is 32.4 Å². The lowest BCUT2D eigenvalue weighted by Crippen LogP contribution is -2.35. The summed E-state index contributed by atoms with van der Waals surface area (Å²) in [6.45, 7) is 9.19. The number of pyridine rings is 1. The standard InChI is InChI=1S/C21H30N6O2/c1-13(2)25-19-16(6-5-8-22-19)20(28)23-11-15-7-9-27-18(10-15)17(12-24-27)21(29)26-14(3)4/h5-6,8,12-15H,7,9-11H2,1-4H3,(H,22,25)(H,23,28)(H,26,29). The Morgan fingerprint density at radius 3 is 2.69 bits per heavy atom. The van der Waals surface area contributed by atoms with E-state index < -0.39 is 0 Å². The Morgan fingerprint density at radius 2 is 1.97 bits per heavy atom. The lowest BCUT2D eigenvalue weighted by Gasteiger charge is -2.24. The van der Waals surface area contributed by atoms with E-state index in [2.05, 4.69) is 26.0 Å². The van der Waals surface area contributed by atoms with E-state index in [-0.39, 0.29) is 29.8 Å². The second-order valence-corrected chi connectivity index (χ2v) is 8.12. The van der Waals surface area contributed by atoms with Crippen LogP contribution in [0.4, 0.5) is 5.82 Å². The number of anilines is 1. The Bertz CT molecular complexity index is 874. The minimum Gasteiger partial charge on any atom is -0.367 e. The molecule has 8 heteroatoms. The second kappa shape index (κ2) is 9.07. The maximum atomic E-state index is 12.7. The Hall–Kier alpha value is -2.90. The van der Waals surface area contributed by atoms with E-state index in [1.165, 1.54) is 0 Å². The molecule has 2 aromatic heterocycles. The molecule has 1 atom stereocenters. The molecule has 2 amide bonds. The first kappa shape index (κ1) is 20.8. The van der Waals surface area contributed by atoms with Crippen molar-refractivity contribution in [2.45, 2.75) is 59.2 Å². The van der Waals surface area contributed by atoms with Gasteiger partial charge < -0.3 is 16.0 Å². The number of rotatable bonds is 7. The summed E-state index contributed by atoms with van der Waals surface area (Å²) in [5.74, 6) is 0.616. The van der Waals surface area contributed by atoms with Crippen LogP contribution in [0.25, 0.3) is 0 Å². The van der Waals surface area contributed by atoms with Crippen molar-refractivity contribution < 1.29 is 9.59 Å². The minimum absolute atomic E-state index is 0.0739. The van der Waals surface area contributed by atoms with E-state index in [9.17, 15) is 9.59 Å². The fourth-order valence-corrected chi connectivity index (χ4v) is 3.51. The van der Waals surface area contributed by atoms with Crippen LogP contribution in [-0.4, -0.2) is 45.2 Å². The van der Waals surface area contributed by atoms with Gasteiger partial charge >= 0.3 is 0 Å². The monoisotopic (exact) mass is 398 g/mol. The molecule has 0 spiro atoms. The Balaban J connectivity index is 1.63. The molecule has 0 fully saturated rings. The van der Waals surface area contributed by atoms with E-state index >= 15 is 0 Å². The number of nitrogens with zero attached hydrogens (tertiary/aromatic N) is 3. The van der Waals surface area contributed by atoms with Crippen molar-refractivity contribution in [2.75, 3.05) is 11.9 Å². The second-order valence-electron chi connectivity index (χ2n) is 8.12. The smallest absolute Gasteiger partial charge is 0.255 e. The van der Waals surface area contributed by atoms with Crippen molar-refractivity contribution in [2.24, 2.45) is 5.92 Å². The number of aryl methyl sites for hydroxylation is 1. The third-order valence-electron chi connectivity index (χ3n) is 4.87. The largest absolute Gasteiger partial charge is 0.367 e. The van der Waals surface area contributed by atoms with Crippen molar-refractivity contribution in [3.63, 3.8) is 0 Å². The molecule has 0 aliphatic carbocycles. The molecule has 156 valence electrons. The summed E-state index contributed by atoms with van der Waals surface area (Å²) in [4.78, 5) is 29.4. The summed E-state index contributed by atoms with van der Waals surface area (Å²) in [6.07, 6.45) is 4.94. The van der Waals surface area contributed by atoms with Crippen molar-refractivity contribution in [3.05, 3.63) is 41.3 Å². The van der Waals surface area contributed by atoms with Gasteiger partial charge in [-0.3, -0.25) is 14.3 Å². The van der Waals surface area contributed by atoms with Crippen molar-refractivity contribution in [1.82, 2.24) is 25.4 Å². The molecule has 1 aliphatic heterocycles. The van der Waals surface area contributed by atoms with Crippen molar-refractivity contribution in [3.8, 4) is 0 Å². The van der Waals surface area contributed by atoms with E-state index in [0.717, 1.165) is 18.7 Å². The molecule has 2 aromatic rings. The Labute approximate surface area is 171 Å². The van der Waals surface area contributed by atoms with Gasteiger partial charge in [-0.2, -0.15) is 5.10 Å². The number of amides is 2. The van der Waals surface area contributed by atoms with Crippen LogP contribution in [-0.2, 0) is 13.0 Å². The molecular formula is C21H30N6O2. The normalized spacial score (nSPS) is 15.9. The summed E-state index contributed by atoms with van der Waals surface area (Å²) in [7, 11) is 0. The number of aromatic nitrogens is 3. The average Bonchev–Trinajstić information content (AvgIpc) is 3.09. The zero-order valence-corrected chi connectivity index (χ0v) is 17.5. The molecule has 0 radical (unpaired) electrons. The SMILES string of the molecule is CC(C)NC(=O)c1cnn2c1CC(CNC(=O)c1cccnc1NC(C)C)CC2. The van der Waals surface area contributed by atoms with Crippen LogP contribution in [0.2, 0.25) is 0 Å². The summed E-state index contributed by atoms with van der Waals surface area (Å²) in [5.41, 5.74) is 2.11. The highest BCUT2D eigenvalue weighted by molar-refractivity contribution is 5.98. The third-order valence-corrected chi connectivity index (χ3v) is 4.87. The molecule has 0 saturated heterocycles. The van der Waals surface area contributed by atoms with Gasteiger partial charge in [0.1, 0.15) is 5.82 Å². The van der Waals surface area contributed by atoms with Gasteiger partial charge in [0.05, 0.1) is 23.0 Å². The predicted molar refractivity (Wildman–Crippen MR) is 112 cm³/mol. The summed E-state index contributed by atoms with van der Waals surface area (Å²) in [6, 6.07) is 3.80. The van der Waals surface area contributed by atoms with Crippen LogP contribution in [0.3, 0.4) is 0 Å². The van der Waals surface area contributed by atoms with Crippen LogP contribution >= 0.6 is 0 Å². The molecule has 0 bridgehead atoms. The highest BCUT2D eigenvalue weighted by Gasteiger charge is 2.26. The van der Waals surface area contributed by atoms with Gasteiger partial charge in [0.2, 0.25) is 0 Å². The predicted octanol–water partition coefficient (Wildman–Crippen LogP) is 2.23. The Kier molecular flexibility index (Phi) is 6.51. The molecule has 0 saturated carbocycles.